The second kappa shape index (κ2) is 13.2. The minimum absolute atomic E-state index is 0. The first-order valence-electron chi connectivity index (χ1n) is 15.4. The number of nitrogens with zero attached hydrogens (tertiary/aromatic N) is 1. The summed E-state index contributed by atoms with van der Waals surface area (Å²) in [6, 6.07) is 30.5. The molecule has 0 saturated heterocycles. The van der Waals surface area contributed by atoms with Crippen molar-refractivity contribution in [2.75, 3.05) is 21.0 Å². The number of rotatable bonds is 10. The van der Waals surface area contributed by atoms with Gasteiger partial charge in [-0.3, -0.25) is 0 Å². The predicted molar refractivity (Wildman–Crippen MR) is 169 cm³/mol. The number of halogens is 1. The molecule has 2 aliphatic heterocycles. The van der Waals surface area contributed by atoms with E-state index in [4.69, 9.17) is 18.9 Å². The van der Waals surface area contributed by atoms with Crippen LogP contribution in [0, 0.1) is 0 Å². The molecule has 0 saturated carbocycles. The van der Waals surface area contributed by atoms with Crippen LogP contribution in [0.2, 0.25) is 0 Å². The first-order chi connectivity index (χ1) is 21.2. The number of pyridine rings is 1. The van der Waals surface area contributed by atoms with E-state index in [0.29, 0.717) is 5.92 Å². The molecule has 226 valence electrons. The Morgan fingerprint density at radius 1 is 0.773 bits per heavy atom. The van der Waals surface area contributed by atoms with Crippen LogP contribution >= 0.6 is 0 Å². The van der Waals surface area contributed by atoms with E-state index < -0.39 is 0 Å². The summed E-state index contributed by atoms with van der Waals surface area (Å²) in [5.74, 6) is 3.65. The molecule has 0 radical (unpaired) electrons. The maximum atomic E-state index is 5.90. The van der Waals surface area contributed by atoms with Gasteiger partial charge in [0.2, 0.25) is 12.5 Å². The topological polar surface area (TPSA) is 40.8 Å². The first kappa shape index (κ1) is 29.8. The van der Waals surface area contributed by atoms with Crippen LogP contribution in [0.1, 0.15) is 53.9 Å². The number of hydrogen-bond acceptors (Lipinski definition) is 4. The van der Waals surface area contributed by atoms with Crippen molar-refractivity contribution < 1.29 is 35.9 Å². The Labute approximate surface area is 265 Å². The van der Waals surface area contributed by atoms with Crippen molar-refractivity contribution in [1.29, 1.82) is 0 Å². The molecule has 7 rings (SSSR count). The summed E-state index contributed by atoms with van der Waals surface area (Å²) in [6.07, 6.45) is 8.74. The molecule has 0 atom stereocenters. The summed E-state index contributed by atoms with van der Waals surface area (Å²) in [4.78, 5) is 0. The standard InChI is InChI=1S/C38H38NO4.ClH/c1-40-34-19-18-30-31(17-11-5-10-16-29(26-12-6-3-7-13-26)27-14-8-4-9-15-27)37-32-23-36-35(42-25-43-36)22-28(32)20-21-39(37)24-33(30)38(34)41-2;/h3-4,6-9,12-15,18-19,22-24,29H,5,10-11,16-17,20-21,25H2,1-2H3;1H/q+1;/p-1. The fourth-order valence-electron chi connectivity index (χ4n) is 6.99. The van der Waals surface area contributed by atoms with Crippen molar-refractivity contribution >= 4 is 10.8 Å². The molecule has 0 fully saturated rings. The Morgan fingerprint density at radius 2 is 1.48 bits per heavy atom. The maximum Gasteiger partial charge on any atom is 0.231 e. The lowest BCUT2D eigenvalue weighted by Gasteiger charge is -2.21. The van der Waals surface area contributed by atoms with Gasteiger partial charge in [0.05, 0.1) is 25.2 Å². The van der Waals surface area contributed by atoms with Gasteiger partial charge >= 0.3 is 0 Å². The average Bonchev–Trinajstić information content (AvgIpc) is 3.52. The highest BCUT2D eigenvalue weighted by molar-refractivity contribution is 5.95. The van der Waals surface area contributed by atoms with E-state index in [2.05, 4.69) is 89.6 Å². The highest BCUT2D eigenvalue weighted by Crippen LogP contribution is 2.44. The van der Waals surface area contributed by atoms with Gasteiger partial charge in [-0.15, -0.1) is 0 Å². The molecular weight excluding hydrogens is 570 g/mol. The lowest BCUT2D eigenvalue weighted by Crippen LogP contribution is -3.00. The van der Waals surface area contributed by atoms with Crippen molar-refractivity contribution in [2.45, 2.75) is 51.0 Å². The highest BCUT2D eigenvalue weighted by atomic mass is 35.5. The Hall–Kier alpha value is -4.22. The Balaban J connectivity index is 0.00000343. The van der Waals surface area contributed by atoms with Crippen LogP contribution in [0.5, 0.6) is 23.0 Å². The quantitative estimate of drug-likeness (QED) is 0.165. The maximum absolute atomic E-state index is 5.90. The van der Waals surface area contributed by atoms with E-state index in [1.54, 1.807) is 14.2 Å². The van der Waals surface area contributed by atoms with Gasteiger partial charge in [-0.2, -0.15) is 4.57 Å². The predicted octanol–water partition coefficient (Wildman–Crippen LogP) is 5.04. The average molecular weight is 608 g/mol. The summed E-state index contributed by atoms with van der Waals surface area (Å²) in [7, 11) is 3.43. The van der Waals surface area contributed by atoms with E-state index in [9.17, 15) is 0 Å². The molecule has 0 unspecified atom stereocenters. The van der Waals surface area contributed by atoms with Crippen LogP contribution in [0.15, 0.2) is 91.1 Å². The molecule has 1 aromatic heterocycles. The molecule has 0 amide bonds. The third-order valence-corrected chi connectivity index (χ3v) is 9.07. The summed E-state index contributed by atoms with van der Waals surface area (Å²) < 4.78 is 25.5. The van der Waals surface area contributed by atoms with Gasteiger partial charge in [-0.1, -0.05) is 73.5 Å². The van der Waals surface area contributed by atoms with Gasteiger partial charge in [0.15, 0.2) is 35.7 Å². The number of aryl methyl sites for hydroxylation is 3. The van der Waals surface area contributed by atoms with Crippen LogP contribution in [0.3, 0.4) is 0 Å². The molecule has 0 aliphatic carbocycles. The van der Waals surface area contributed by atoms with E-state index >= 15 is 0 Å². The van der Waals surface area contributed by atoms with Crippen LogP contribution in [0.25, 0.3) is 22.0 Å². The van der Waals surface area contributed by atoms with Crippen LogP contribution in [0.4, 0.5) is 0 Å². The Kier molecular flexibility index (Phi) is 8.94. The van der Waals surface area contributed by atoms with Crippen molar-refractivity contribution in [1.82, 2.24) is 0 Å². The number of hydrogen-bond donors (Lipinski definition) is 0. The Bertz CT molecular complexity index is 1720. The van der Waals surface area contributed by atoms with Gasteiger partial charge in [0.25, 0.3) is 0 Å². The molecule has 4 aromatic carbocycles. The number of aromatic nitrogens is 1. The third kappa shape index (κ3) is 5.57. The van der Waals surface area contributed by atoms with Gasteiger partial charge in [-0.25, -0.2) is 0 Å². The Morgan fingerprint density at radius 3 is 2.16 bits per heavy atom. The molecule has 6 heteroatoms. The molecule has 2 aliphatic rings. The van der Waals surface area contributed by atoms with Crippen molar-refractivity contribution in [3.05, 3.63) is 113 Å². The second-order valence-electron chi connectivity index (χ2n) is 11.5. The monoisotopic (exact) mass is 607 g/mol. The van der Waals surface area contributed by atoms with E-state index in [-0.39, 0.29) is 19.2 Å². The smallest absolute Gasteiger partial charge is 0.231 e. The van der Waals surface area contributed by atoms with E-state index in [1.165, 1.54) is 45.3 Å². The van der Waals surface area contributed by atoms with Crippen molar-refractivity contribution in [3.8, 4) is 34.3 Å². The van der Waals surface area contributed by atoms with E-state index in [0.717, 1.165) is 67.0 Å². The highest BCUT2D eigenvalue weighted by Gasteiger charge is 2.32. The normalized spacial score (nSPS) is 12.9. The molecule has 44 heavy (non-hydrogen) atoms. The summed E-state index contributed by atoms with van der Waals surface area (Å²) >= 11 is 0. The zero-order valence-corrected chi connectivity index (χ0v) is 26.1. The second-order valence-corrected chi connectivity index (χ2v) is 11.5. The van der Waals surface area contributed by atoms with Gasteiger partial charge in [0, 0.05) is 23.3 Å². The molecule has 0 bridgehead atoms. The lowest BCUT2D eigenvalue weighted by molar-refractivity contribution is -0.686. The fourth-order valence-corrected chi connectivity index (χ4v) is 6.99. The molecule has 5 nitrogen and oxygen atoms in total. The molecule has 0 N–H and O–H groups in total. The minimum atomic E-state index is 0. The number of ether oxygens (including phenoxy) is 4. The zero-order chi connectivity index (χ0) is 29.2. The number of unbranched alkanes of at least 4 members (excludes halogenated alkanes) is 2. The summed E-state index contributed by atoms with van der Waals surface area (Å²) in [5.41, 5.74) is 8.00. The van der Waals surface area contributed by atoms with Gasteiger partial charge in [-0.05, 0) is 60.2 Å². The zero-order valence-electron chi connectivity index (χ0n) is 25.4. The van der Waals surface area contributed by atoms with Crippen molar-refractivity contribution in [3.63, 3.8) is 0 Å². The van der Waals surface area contributed by atoms with Crippen LogP contribution in [-0.4, -0.2) is 21.0 Å². The lowest BCUT2D eigenvalue weighted by atomic mass is 9.86. The summed E-state index contributed by atoms with van der Waals surface area (Å²) in [6.45, 7) is 1.19. The summed E-state index contributed by atoms with van der Waals surface area (Å²) in [5, 5.41) is 2.32. The SMILES string of the molecule is COc1ccc2c(CCCCCC(c3ccccc3)c3ccccc3)c3[n+](cc2c1OC)CCc1cc2c(cc1-3)OCO2.[Cl-]. The molecule has 3 heterocycles. The molecular formula is C38H38ClNO4. The largest absolute Gasteiger partial charge is 1.00 e. The third-order valence-electron chi connectivity index (χ3n) is 9.07. The molecule has 0 spiro atoms. The molecule has 5 aromatic rings. The van der Waals surface area contributed by atoms with E-state index in [1.807, 2.05) is 6.07 Å². The van der Waals surface area contributed by atoms with Gasteiger partial charge < -0.3 is 31.4 Å². The van der Waals surface area contributed by atoms with Crippen LogP contribution < -0.4 is 35.9 Å². The first-order valence-corrected chi connectivity index (χ1v) is 15.4. The fraction of sp³-hybridized carbons (Fsp3) is 0.289. The number of fused-ring (bicyclic) bond motifs is 5. The minimum Gasteiger partial charge on any atom is -1.00 e. The van der Waals surface area contributed by atoms with Crippen LogP contribution in [-0.2, 0) is 19.4 Å². The van der Waals surface area contributed by atoms with Gasteiger partial charge in [0.1, 0.15) is 0 Å². The number of benzene rings is 4. The number of methoxy groups -OCH3 is 2. The van der Waals surface area contributed by atoms with Crippen molar-refractivity contribution in [2.24, 2.45) is 0 Å².